The van der Waals surface area contributed by atoms with Gasteiger partial charge in [-0.1, -0.05) is 25.3 Å². The molecule has 0 radical (unpaired) electrons. The summed E-state index contributed by atoms with van der Waals surface area (Å²) in [5.41, 5.74) is 0.253. The topological polar surface area (TPSA) is 72.5 Å². The molecule has 0 atom stereocenters. The van der Waals surface area contributed by atoms with Crippen molar-refractivity contribution in [3.8, 4) is 0 Å². The Labute approximate surface area is 125 Å². The quantitative estimate of drug-likeness (QED) is 0.848. The van der Waals surface area contributed by atoms with E-state index in [1.54, 1.807) is 19.1 Å². The first-order valence-electron chi connectivity index (χ1n) is 7.32. The number of nitrogens with one attached hydrogen (secondary N) is 1. The minimum atomic E-state index is -3.59. The number of carbonyl (C=O) groups excluding carboxylic acids is 1. The predicted octanol–water partition coefficient (Wildman–Crippen LogP) is 2.47. The van der Waals surface area contributed by atoms with Crippen molar-refractivity contribution in [3.05, 3.63) is 29.8 Å². The van der Waals surface area contributed by atoms with Crippen LogP contribution in [0.15, 0.2) is 29.2 Å². The summed E-state index contributed by atoms with van der Waals surface area (Å²) >= 11 is 0. The molecule has 1 saturated carbocycles. The zero-order chi connectivity index (χ0) is 15.3. The molecule has 2 rings (SSSR count). The van der Waals surface area contributed by atoms with Gasteiger partial charge in [0.05, 0.1) is 17.1 Å². The average molecular weight is 311 g/mol. The van der Waals surface area contributed by atoms with Crippen molar-refractivity contribution in [2.24, 2.45) is 0 Å². The number of sulfonamides is 1. The molecule has 6 heteroatoms. The van der Waals surface area contributed by atoms with Gasteiger partial charge in [0, 0.05) is 6.04 Å². The molecule has 0 aliphatic heterocycles. The Balaban J connectivity index is 2.15. The number of carbonyl (C=O) groups is 1. The van der Waals surface area contributed by atoms with Crippen LogP contribution >= 0.6 is 0 Å². The summed E-state index contributed by atoms with van der Waals surface area (Å²) in [4.78, 5) is 11.8. The average Bonchev–Trinajstić information content (AvgIpc) is 2.48. The number of ether oxygens (including phenoxy) is 1. The van der Waals surface area contributed by atoms with Crippen LogP contribution in [0.25, 0.3) is 0 Å². The first-order valence-corrected chi connectivity index (χ1v) is 8.81. The summed E-state index contributed by atoms with van der Waals surface area (Å²) in [6.07, 6.45) is 5.01. The molecule has 0 amide bonds. The third-order valence-corrected chi connectivity index (χ3v) is 5.10. The molecule has 0 heterocycles. The second-order valence-corrected chi connectivity index (χ2v) is 6.92. The molecule has 1 fully saturated rings. The highest BCUT2D eigenvalue weighted by Gasteiger charge is 2.22. The third kappa shape index (κ3) is 4.28. The fraction of sp³-hybridized carbons (Fsp3) is 0.533. The van der Waals surface area contributed by atoms with Gasteiger partial charge in [-0.2, -0.15) is 0 Å². The van der Waals surface area contributed by atoms with E-state index in [2.05, 4.69) is 4.72 Å². The predicted molar refractivity (Wildman–Crippen MR) is 79.6 cm³/mol. The van der Waals surface area contributed by atoms with Crippen molar-refractivity contribution in [1.82, 2.24) is 4.72 Å². The van der Waals surface area contributed by atoms with Crippen LogP contribution in [-0.4, -0.2) is 27.0 Å². The van der Waals surface area contributed by atoms with E-state index in [-0.39, 0.29) is 23.1 Å². The number of hydrogen-bond donors (Lipinski definition) is 1. The second kappa shape index (κ2) is 7.04. The maximum absolute atomic E-state index is 12.4. The molecule has 1 aliphatic carbocycles. The lowest BCUT2D eigenvalue weighted by Crippen LogP contribution is -2.36. The minimum absolute atomic E-state index is 0.00463. The van der Waals surface area contributed by atoms with Crippen LogP contribution in [0.1, 0.15) is 49.4 Å². The van der Waals surface area contributed by atoms with E-state index < -0.39 is 16.0 Å². The van der Waals surface area contributed by atoms with Crippen LogP contribution in [0.2, 0.25) is 0 Å². The molecule has 0 unspecified atom stereocenters. The Hall–Kier alpha value is -1.40. The van der Waals surface area contributed by atoms with Crippen LogP contribution in [0.3, 0.4) is 0 Å². The van der Waals surface area contributed by atoms with E-state index in [1.165, 1.54) is 12.1 Å². The van der Waals surface area contributed by atoms with Gasteiger partial charge in [0.15, 0.2) is 0 Å². The molecule has 1 aromatic carbocycles. The van der Waals surface area contributed by atoms with Crippen LogP contribution in [0.4, 0.5) is 0 Å². The fourth-order valence-corrected chi connectivity index (χ4v) is 3.86. The Morgan fingerprint density at radius 1 is 1.29 bits per heavy atom. The van der Waals surface area contributed by atoms with Crippen LogP contribution in [0, 0.1) is 0 Å². The van der Waals surface area contributed by atoms with Gasteiger partial charge in [-0.25, -0.2) is 17.9 Å². The standard InChI is InChI=1S/C15H21NO4S/c1-2-20-15(17)12-7-6-10-14(11-12)21(18,19)16-13-8-4-3-5-9-13/h6-7,10-11,13,16H,2-5,8-9H2,1H3. The molecule has 5 nitrogen and oxygen atoms in total. The van der Waals surface area contributed by atoms with Crippen LogP contribution in [-0.2, 0) is 14.8 Å². The van der Waals surface area contributed by atoms with Gasteiger partial charge in [0.2, 0.25) is 10.0 Å². The highest BCUT2D eigenvalue weighted by molar-refractivity contribution is 7.89. The molecule has 1 N–H and O–H groups in total. The molecule has 116 valence electrons. The lowest BCUT2D eigenvalue weighted by molar-refractivity contribution is 0.0526. The smallest absolute Gasteiger partial charge is 0.338 e. The largest absolute Gasteiger partial charge is 0.462 e. The maximum Gasteiger partial charge on any atom is 0.338 e. The molecular weight excluding hydrogens is 290 g/mol. The highest BCUT2D eigenvalue weighted by atomic mass is 32.2. The molecular formula is C15H21NO4S. The molecule has 0 spiro atoms. The van der Waals surface area contributed by atoms with Crippen molar-refractivity contribution in [3.63, 3.8) is 0 Å². The van der Waals surface area contributed by atoms with E-state index in [9.17, 15) is 13.2 Å². The Morgan fingerprint density at radius 2 is 2.00 bits per heavy atom. The summed E-state index contributed by atoms with van der Waals surface area (Å²) in [7, 11) is -3.59. The maximum atomic E-state index is 12.4. The first-order chi connectivity index (χ1) is 10.0. The minimum Gasteiger partial charge on any atom is -0.462 e. The number of benzene rings is 1. The number of esters is 1. The number of hydrogen-bond acceptors (Lipinski definition) is 4. The molecule has 0 bridgehead atoms. The van der Waals surface area contributed by atoms with E-state index >= 15 is 0 Å². The lowest BCUT2D eigenvalue weighted by atomic mass is 9.96. The summed E-state index contributed by atoms with van der Waals surface area (Å²) < 4.78 is 32.4. The van der Waals surface area contributed by atoms with Crippen molar-refractivity contribution >= 4 is 16.0 Å². The molecule has 21 heavy (non-hydrogen) atoms. The summed E-state index contributed by atoms with van der Waals surface area (Å²) in [6, 6.07) is 5.96. The molecule has 1 aromatic rings. The van der Waals surface area contributed by atoms with Crippen LogP contribution < -0.4 is 4.72 Å². The van der Waals surface area contributed by atoms with E-state index in [1.807, 2.05) is 0 Å². The molecule has 0 saturated heterocycles. The molecule has 0 aromatic heterocycles. The van der Waals surface area contributed by atoms with E-state index in [0.717, 1.165) is 32.1 Å². The van der Waals surface area contributed by atoms with Gasteiger partial charge >= 0.3 is 5.97 Å². The summed E-state index contributed by atoms with van der Waals surface area (Å²) in [5, 5.41) is 0. The van der Waals surface area contributed by atoms with Gasteiger partial charge in [-0.05, 0) is 38.0 Å². The van der Waals surface area contributed by atoms with Crippen molar-refractivity contribution in [1.29, 1.82) is 0 Å². The van der Waals surface area contributed by atoms with Crippen molar-refractivity contribution < 1.29 is 17.9 Å². The van der Waals surface area contributed by atoms with Gasteiger partial charge in [0.1, 0.15) is 0 Å². The number of rotatable bonds is 5. The Bertz CT molecular complexity index is 591. The fourth-order valence-electron chi connectivity index (χ4n) is 2.51. The zero-order valence-electron chi connectivity index (χ0n) is 12.2. The van der Waals surface area contributed by atoms with E-state index in [4.69, 9.17) is 4.74 Å². The first kappa shape index (κ1) is 16.0. The summed E-state index contributed by atoms with van der Waals surface area (Å²) in [6.45, 7) is 1.97. The molecule has 1 aliphatic rings. The highest BCUT2D eigenvalue weighted by Crippen LogP contribution is 2.20. The van der Waals surface area contributed by atoms with Crippen molar-refractivity contribution in [2.75, 3.05) is 6.61 Å². The zero-order valence-corrected chi connectivity index (χ0v) is 13.0. The van der Waals surface area contributed by atoms with Gasteiger partial charge in [-0.15, -0.1) is 0 Å². The normalized spacial score (nSPS) is 16.6. The Kier molecular flexibility index (Phi) is 5.36. The van der Waals surface area contributed by atoms with Crippen LogP contribution in [0.5, 0.6) is 0 Å². The SMILES string of the molecule is CCOC(=O)c1cccc(S(=O)(=O)NC2CCCCC2)c1. The lowest BCUT2D eigenvalue weighted by Gasteiger charge is -2.22. The van der Waals surface area contributed by atoms with Gasteiger partial charge < -0.3 is 4.74 Å². The van der Waals surface area contributed by atoms with E-state index in [0.29, 0.717) is 0 Å². The Morgan fingerprint density at radius 3 is 2.67 bits per heavy atom. The van der Waals surface area contributed by atoms with Gasteiger partial charge in [-0.3, -0.25) is 0 Å². The van der Waals surface area contributed by atoms with Crippen molar-refractivity contribution in [2.45, 2.75) is 50.0 Å². The van der Waals surface area contributed by atoms with Gasteiger partial charge in [0.25, 0.3) is 0 Å². The summed E-state index contributed by atoms with van der Waals surface area (Å²) in [5.74, 6) is -0.507. The third-order valence-electron chi connectivity index (χ3n) is 3.58. The monoisotopic (exact) mass is 311 g/mol. The second-order valence-electron chi connectivity index (χ2n) is 5.20.